The molecule has 1 N–H and O–H groups in total. The molecule has 1 aliphatic rings. The molecule has 0 fully saturated rings. The first-order valence-corrected chi connectivity index (χ1v) is 9.93. The van der Waals surface area contributed by atoms with Crippen LogP contribution in [0.15, 0.2) is 41.0 Å². The molecule has 1 unspecified atom stereocenters. The minimum absolute atomic E-state index is 0. The predicted molar refractivity (Wildman–Crippen MR) is 116 cm³/mol. The molecule has 1 atom stereocenters. The van der Waals surface area contributed by atoms with E-state index < -0.39 is 0 Å². The molecule has 0 aliphatic heterocycles. The first kappa shape index (κ1) is 32.7. The summed E-state index contributed by atoms with van der Waals surface area (Å²) in [5, 5.41) is 0. The van der Waals surface area contributed by atoms with Crippen LogP contribution >= 0.6 is 24.8 Å². The van der Waals surface area contributed by atoms with Crippen molar-refractivity contribution in [2.45, 2.75) is 60.6 Å². The first-order chi connectivity index (χ1) is 10.3. The van der Waals surface area contributed by atoms with E-state index in [1.54, 1.807) is 0 Å². The van der Waals surface area contributed by atoms with Gasteiger partial charge in [0.05, 0.1) is 0 Å². The SMILES string of the molecule is CC(C)c1ccccc1[NH-].CC1=[C-]C(C)C(C)=C1C.C[Si]C.Cl.Cl.[Ti+2]. The van der Waals surface area contributed by atoms with Crippen LogP contribution in [0.1, 0.15) is 53.0 Å². The summed E-state index contributed by atoms with van der Waals surface area (Å²) in [4.78, 5) is 0. The number of halogens is 2. The van der Waals surface area contributed by atoms with Gasteiger partial charge in [-0.2, -0.15) is 11.1 Å². The zero-order valence-electron chi connectivity index (χ0n) is 16.8. The molecule has 25 heavy (non-hydrogen) atoms. The van der Waals surface area contributed by atoms with Gasteiger partial charge >= 0.3 is 21.7 Å². The predicted octanol–water partition coefficient (Wildman–Crippen LogP) is 7.84. The maximum Gasteiger partial charge on any atom is 2.00 e. The van der Waals surface area contributed by atoms with E-state index in [0.717, 1.165) is 15.1 Å². The molecule has 140 valence electrons. The van der Waals surface area contributed by atoms with Gasteiger partial charge in [0.2, 0.25) is 0 Å². The average molecular weight is 434 g/mol. The van der Waals surface area contributed by atoms with Gasteiger partial charge in [-0.3, -0.25) is 6.08 Å². The Morgan fingerprint density at radius 1 is 1.04 bits per heavy atom. The standard InChI is InChI=1S/C9H12N.C9H13.C2H6Si.2ClH.Ti/c1-7(2)8-5-3-4-6-9(8)10;1-6-5-7(2)9(4)8(6)3;1-3-2;;;/h3-7,10H,1-2H3;6H,1-4H3;1-2H3;2*1H;/q2*-1;;;;+2. The van der Waals surface area contributed by atoms with Gasteiger partial charge in [-0.1, -0.05) is 83.5 Å². The van der Waals surface area contributed by atoms with E-state index in [0.29, 0.717) is 17.5 Å². The van der Waals surface area contributed by atoms with E-state index in [9.17, 15) is 0 Å². The molecule has 0 heterocycles. The Balaban J connectivity index is -0.000000139. The van der Waals surface area contributed by atoms with Gasteiger partial charge in [-0.05, 0) is 5.92 Å². The maximum atomic E-state index is 7.50. The van der Waals surface area contributed by atoms with E-state index in [1.165, 1.54) is 16.7 Å². The second-order valence-electron chi connectivity index (χ2n) is 6.04. The largest absolute Gasteiger partial charge is 2.00 e. The van der Waals surface area contributed by atoms with Crippen LogP contribution in [-0.2, 0) is 21.7 Å². The fraction of sp³-hybridized carbons (Fsp3) is 0.500. The smallest absolute Gasteiger partial charge is 0.698 e. The summed E-state index contributed by atoms with van der Waals surface area (Å²) >= 11 is 0. The zero-order valence-corrected chi connectivity index (χ0v) is 21.0. The Kier molecular flexibility index (Phi) is 22.8. The molecule has 0 bridgehead atoms. The molecule has 1 aromatic carbocycles. The van der Waals surface area contributed by atoms with Crippen LogP contribution in [-0.4, -0.2) is 9.52 Å². The fourth-order valence-electron chi connectivity index (χ4n) is 2.16. The van der Waals surface area contributed by atoms with E-state index in [4.69, 9.17) is 5.73 Å². The van der Waals surface area contributed by atoms with Gasteiger partial charge < -0.3 is 5.73 Å². The third-order valence-corrected chi connectivity index (χ3v) is 3.82. The summed E-state index contributed by atoms with van der Waals surface area (Å²) in [6.45, 7) is 17.2. The van der Waals surface area contributed by atoms with Crippen LogP contribution < -0.4 is 0 Å². The molecule has 0 saturated carbocycles. The van der Waals surface area contributed by atoms with Gasteiger partial charge in [0, 0.05) is 9.52 Å². The fourth-order valence-corrected chi connectivity index (χ4v) is 2.16. The van der Waals surface area contributed by atoms with Gasteiger partial charge in [0.1, 0.15) is 0 Å². The molecule has 1 aromatic rings. The molecule has 0 saturated heterocycles. The minimum Gasteiger partial charge on any atom is -0.698 e. The number of rotatable bonds is 1. The molecule has 2 radical (unpaired) electrons. The summed E-state index contributed by atoms with van der Waals surface area (Å²) in [5.74, 6) is 1.03. The van der Waals surface area contributed by atoms with Crippen molar-refractivity contribution in [1.29, 1.82) is 0 Å². The van der Waals surface area contributed by atoms with Crippen molar-refractivity contribution < 1.29 is 21.7 Å². The second kappa shape index (κ2) is 17.4. The maximum absolute atomic E-state index is 7.50. The summed E-state index contributed by atoms with van der Waals surface area (Å²) < 4.78 is 0. The number of allylic oxidation sites excluding steroid dienone is 4. The number of hydrogen-bond donors (Lipinski definition) is 0. The number of hydrogen-bond acceptors (Lipinski definition) is 0. The van der Waals surface area contributed by atoms with E-state index in [1.807, 2.05) is 24.3 Å². The summed E-state index contributed by atoms with van der Waals surface area (Å²) in [5.41, 5.74) is 13.5. The van der Waals surface area contributed by atoms with E-state index in [2.05, 4.69) is 60.7 Å². The molecule has 0 spiro atoms. The van der Waals surface area contributed by atoms with Gasteiger partial charge in [-0.15, -0.1) is 37.4 Å². The number of benzene rings is 1. The van der Waals surface area contributed by atoms with Crippen molar-refractivity contribution in [2.24, 2.45) is 5.92 Å². The normalized spacial score (nSPS) is 14.6. The molecule has 2 rings (SSSR count). The summed E-state index contributed by atoms with van der Waals surface area (Å²) in [7, 11) is 1.08. The molecular formula is C20H33Cl2NSiTi. The molecule has 1 nitrogen and oxygen atoms in total. The molecule has 0 amide bonds. The molecule has 0 aromatic heterocycles. The molecule has 1 aliphatic carbocycles. The average Bonchev–Trinajstić information content (AvgIpc) is 2.67. The van der Waals surface area contributed by atoms with E-state index in [-0.39, 0.29) is 46.5 Å². The van der Waals surface area contributed by atoms with Crippen molar-refractivity contribution in [3.8, 4) is 0 Å². The van der Waals surface area contributed by atoms with Crippen LogP contribution in [0.25, 0.3) is 5.73 Å². The van der Waals surface area contributed by atoms with Crippen LogP contribution in [0.4, 0.5) is 5.69 Å². The Hall–Kier alpha value is 0.0112. The van der Waals surface area contributed by atoms with Crippen LogP contribution in [0.5, 0.6) is 0 Å². The Bertz CT molecular complexity index is 528. The Morgan fingerprint density at radius 3 is 1.68 bits per heavy atom. The minimum atomic E-state index is 0. The van der Waals surface area contributed by atoms with Crippen LogP contribution in [0.3, 0.4) is 0 Å². The topological polar surface area (TPSA) is 23.8 Å². The van der Waals surface area contributed by atoms with Gasteiger partial charge in [0.25, 0.3) is 0 Å². The van der Waals surface area contributed by atoms with Crippen molar-refractivity contribution in [3.63, 3.8) is 0 Å². The third-order valence-electron chi connectivity index (χ3n) is 3.82. The van der Waals surface area contributed by atoms with Crippen LogP contribution in [0.2, 0.25) is 13.1 Å². The van der Waals surface area contributed by atoms with Gasteiger partial charge in [0.15, 0.2) is 0 Å². The van der Waals surface area contributed by atoms with Crippen molar-refractivity contribution in [2.75, 3.05) is 0 Å². The Labute approximate surface area is 185 Å². The summed E-state index contributed by atoms with van der Waals surface area (Å²) in [6, 6.07) is 7.71. The Morgan fingerprint density at radius 2 is 1.48 bits per heavy atom. The zero-order chi connectivity index (χ0) is 17.3. The second-order valence-corrected chi connectivity index (χ2v) is 7.04. The van der Waals surface area contributed by atoms with E-state index >= 15 is 0 Å². The van der Waals surface area contributed by atoms with Crippen molar-refractivity contribution in [3.05, 3.63) is 58.4 Å². The first-order valence-electron chi connectivity index (χ1n) is 7.93. The summed E-state index contributed by atoms with van der Waals surface area (Å²) in [6.07, 6.45) is 3.36. The van der Waals surface area contributed by atoms with Crippen molar-refractivity contribution in [1.82, 2.24) is 0 Å². The number of nitrogens with one attached hydrogen (secondary N) is 1. The monoisotopic (exact) mass is 433 g/mol. The molecular weight excluding hydrogens is 401 g/mol. The quantitative estimate of drug-likeness (QED) is 0.318. The third kappa shape index (κ3) is 12.1. The van der Waals surface area contributed by atoms with Crippen LogP contribution in [0, 0.1) is 12.0 Å². The molecule has 5 heteroatoms. The van der Waals surface area contributed by atoms with Crippen molar-refractivity contribution >= 4 is 40.0 Å². The van der Waals surface area contributed by atoms with Gasteiger partial charge in [-0.25, -0.2) is 5.57 Å².